The van der Waals surface area contributed by atoms with Gasteiger partial charge in [0.05, 0.1) is 23.1 Å². The van der Waals surface area contributed by atoms with Crippen LogP contribution < -0.4 is 5.56 Å². The van der Waals surface area contributed by atoms with Crippen LogP contribution in [0, 0.1) is 13.8 Å². The maximum absolute atomic E-state index is 13.5. The van der Waals surface area contributed by atoms with Crippen LogP contribution in [0.1, 0.15) is 49.8 Å². The molecule has 1 fully saturated rings. The van der Waals surface area contributed by atoms with Crippen molar-refractivity contribution in [2.75, 3.05) is 13.1 Å². The van der Waals surface area contributed by atoms with Crippen molar-refractivity contribution in [3.8, 4) is 0 Å². The minimum absolute atomic E-state index is 0.119. The van der Waals surface area contributed by atoms with Crippen LogP contribution in [-0.2, 0) is 13.2 Å². The summed E-state index contributed by atoms with van der Waals surface area (Å²) in [4.78, 5) is 49.3. The number of thiophene rings is 1. The highest BCUT2D eigenvalue weighted by atomic mass is 32.1. The first kappa shape index (κ1) is 19.1. The summed E-state index contributed by atoms with van der Waals surface area (Å²) in [5, 5.41) is 0.583. The van der Waals surface area contributed by atoms with Crippen molar-refractivity contribution >= 4 is 33.4 Å². The van der Waals surface area contributed by atoms with Gasteiger partial charge >= 0.3 is 0 Å². The molecule has 0 N–H and O–H groups in total. The second-order valence-electron chi connectivity index (χ2n) is 7.93. The van der Waals surface area contributed by atoms with E-state index in [1.54, 1.807) is 24.3 Å². The van der Waals surface area contributed by atoms with Gasteiger partial charge in [-0.3, -0.25) is 28.8 Å². The molecule has 154 valence electrons. The summed E-state index contributed by atoms with van der Waals surface area (Å²) in [5.74, 6) is -0.131. The van der Waals surface area contributed by atoms with E-state index in [1.807, 2.05) is 13.8 Å². The predicted octanol–water partition coefficient (Wildman–Crippen LogP) is 2.92. The number of hydrogen-bond acceptors (Lipinski definition) is 6. The number of rotatable bonds is 4. The van der Waals surface area contributed by atoms with Crippen LogP contribution in [0.25, 0.3) is 10.2 Å². The van der Waals surface area contributed by atoms with E-state index in [2.05, 4.69) is 4.90 Å². The van der Waals surface area contributed by atoms with Gasteiger partial charge in [0.15, 0.2) is 0 Å². The molecule has 8 heteroatoms. The molecule has 0 spiro atoms. The summed E-state index contributed by atoms with van der Waals surface area (Å²) < 4.78 is 1.52. The monoisotopic (exact) mass is 422 g/mol. The van der Waals surface area contributed by atoms with Crippen LogP contribution in [0.2, 0.25) is 0 Å². The van der Waals surface area contributed by atoms with Crippen molar-refractivity contribution in [3.05, 3.63) is 62.0 Å². The standard InChI is InChI=1S/C22H22N4O3S/c1-13-14(2)30-19-18(13)22(29)25(17(23-19)11-24-9-5-6-10-24)12-26-20(27)15-7-3-4-8-16(15)21(26)28/h3-4,7-8H,5-6,9-12H2,1-2H3. The molecule has 0 atom stereocenters. The Morgan fingerprint density at radius 3 is 2.27 bits per heavy atom. The van der Waals surface area contributed by atoms with Gasteiger partial charge in [0.25, 0.3) is 17.4 Å². The van der Waals surface area contributed by atoms with Gasteiger partial charge in [0.1, 0.15) is 17.3 Å². The van der Waals surface area contributed by atoms with Crippen molar-refractivity contribution in [2.45, 2.75) is 39.9 Å². The first-order valence-corrected chi connectivity index (χ1v) is 10.9. The molecule has 1 saturated heterocycles. The molecule has 0 saturated carbocycles. The van der Waals surface area contributed by atoms with Gasteiger partial charge < -0.3 is 0 Å². The first-order chi connectivity index (χ1) is 14.5. The molecule has 2 aliphatic heterocycles. The zero-order valence-electron chi connectivity index (χ0n) is 17.0. The van der Waals surface area contributed by atoms with Gasteiger partial charge in [-0.1, -0.05) is 12.1 Å². The molecule has 0 aliphatic carbocycles. The van der Waals surface area contributed by atoms with E-state index in [-0.39, 0.29) is 24.0 Å². The van der Waals surface area contributed by atoms with Crippen LogP contribution in [-0.4, -0.2) is 44.3 Å². The van der Waals surface area contributed by atoms with E-state index in [0.29, 0.717) is 28.9 Å². The van der Waals surface area contributed by atoms with Gasteiger partial charge in [-0.2, -0.15) is 0 Å². The molecule has 3 aromatic rings. The number of amides is 2. The molecule has 5 rings (SSSR count). The fourth-order valence-electron chi connectivity index (χ4n) is 4.29. The number of carbonyl (C=O) groups is 2. The summed E-state index contributed by atoms with van der Waals surface area (Å²) in [6.45, 7) is 6.24. The third-order valence-corrected chi connectivity index (χ3v) is 7.19. The number of carbonyl (C=O) groups excluding carboxylic acids is 2. The molecular weight excluding hydrogens is 400 g/mol. The number of aryl methyl sites for hydroxylation is 2. The van der Waals surface area contributed by atoms with Crippen LogP contribution in [0.3, 0.4) is 0 Å². The summed E-state index contributed by atoms with van der Waals surface area (Å²) in [6.07, 6.45) is 2.25. The third kappa shape index (κ3) is 2.90. The lowest BCUT2D eigenvalue weighted by atomic mass is 10.1. The molecular formula is C22H22N4O3S. The number of likely N-dealkylation sites (tertiary alicyclic amines) is 1. The molecule has 2 aliphatic rings. The maximum Gasteiger partial charge on any atom is 0.264 e. The fourth-order valence-corrected chi connectivity index (χ4v) is 5.32. The van der Waals surface area contributed by atoms with E-state index in [9.17, 15) is 14.4 Å². The molecule has 0 bridgehead atoms. The van der Waals surface area contributed by atoms with Gasteiger partial charge in [-0.05, 0) is 57.5 Å². The second kappa shape index (κ2) is 7.14. The fraction of sp³-hybridized carbons (Fsp3) is 0.364. The minimum Gasteiger partial charge on any atom is -0.296 e. The highest BCUT2D eigenvalue weighted by Gasteiger charge is 2.36. The average Bonchev–Trinajstić information content (AvgIpc) is 3.40. The lowest BCUT2D eigenvalue weighted by molar-refractivity contribution is 0.0600. The number of nitrogens with zero attached hydrogens (tertiary/aromatic N) is 4. The largest absolute Gasteiger partial charge is 0.296 e. The van der Waals surface area contributed by atoms with E-state index in [1.165, 1.54) is 15.9 Å². The van der Waals surface area contributed by atoms with E-state index >= 15 is 0 Å². The summed E-state index contributed by atoms with van der Waals surface area (Å²) in [7, 11) is 0. The number of benzene rings is 1. The van der Waals surface area contributed by atoms with E-state index in [0.717, 1.165) is 46.1 Å². The Balaban J connectivity index is 1.61. The van der Waals surface area contributed by atoms with E-state index < -0.39 is 0 Å². The van der Waals surface area contributed by atoms with Gasteiger partial charge in [-0.25, -0.2) is 4.98 Å². The highest BCUT2D eigenvalue weighted by molar-refractivity contribution is 7.18. The quantitative estimate of drug-likeness (QED) is 0.605. The number of fused-ring (bicyclic) bond motifs is 2. The topological polar surface area (TPSA) is 75.5 Å². The van der Waals surface area contributed by atoms with Crippen LogP contribution >= 0.6 is 11.3 Å². The van der Waals surface area contributed by atoms with Crippen molar-refractivity contribution in [2.24, 2.45) is 0 Å². The van der Waals surface area contributed by atoms with Gasteiger partial charge in [-0.15, -0.1) is 11.3 Å². The summed E-state index contributed by atoms with van der Waals surface area (Å²) in [6, 6.07) is 6.78. The molecule has 30 heavy (non-hydrogen) atoms. The van der Waals surface area contributed by atoms with Crippen LogP contribution in [0.5, 0.6) is 0 Å². The molecule has 7 nitrogen and oxygen atoms in total. The Kier molecular flexibility index (Phi) is 4.56. The highest BCUT2D eigenvalue weighted by Crippen LogP contribution is 2.28. The van der Waals surface area contributed by atoms with Crippen molar-refractivity contribution in [1.82, 2.24) is 19.4 Å². The smallest absolute Gasteiger partial charge is 0.264 e. The SMILES string of the molecule is Cc1sc2nc(CN3CCCC3)n(CN3C(=O)c4ccccc4C3=O)c(=O)c2c1C. The molecule has 4 heterocycles. The molecule has 2 amide bonds. The molecule has 0 radical (unpaired) electrons. The number of imide groups is 1. The normalized spacial score (nSPS) is 16.8. The van der Waals surface area contributed by atoms with E-state index in [4.69, 9.17) is 4.98 Å². The maximum atomic E-state index is 13.5. The molecule has 2 aromatic heterocycles. The Bertz CT molecular complexity index is 1220. The first-order valence-electron chi connectivity index (χ1n) is 10.1. The second-order valence-corrected chi connectivity index (χ2v) is 9.14. The third-order valence-electron chi connectivity index (χ3n) is 6.09. The lowest BCUT2D eigenvalue weighted by Crippen LogP contribution is -2.39. The Hall–Kier alpha value is -2.84. The van der Waals surface area contributed by atoms with Crippen LogP contribution in [0.4, 0.5) is 0 Å². The van der Waals surface area contributed by atoms with Crippen LogP contribution in [0.15, 0.2) is 29.1 Å². The Labute approximate surface area is 177 Å². The van der Waals surface area contributed by atoms with Gasteiger partial charge in [0.2, 0.25) is 0 Å². The number of hydrogen-bond donors (Lipinski definition) is 0. The molecule has 0 unspecified atom stereocenters. The van der Waals surface area contributed by atoms with Gasteiger partial charge in [0, 0.05) is 4.88 Å². The zero-order valence-corrected chi connectivity index (χ0v) is 17.8. The minimum atomic E-state index is -0.368. The average molecular weight is 423 g/mol. The van der Waals surface area contributed by atoms with Crippen molar-refractivity contribution in [1.29, 1.82) is 0 Å². The summed E-state index contributed by atoms with van der Waals surface area (Å²) in [5.41, 5.74) is 1.49. The Morgan fingerprint density at radius 1 is 1.00 bits per heavy atom. The Morgan fingerprint density at radius 2 is 1.63 bits per heavy atom. The van der Waals surface area contributed by atoms with Crippen molar-refractivity contribution in [3.63, 3.8) is 0 Å². The predicted molar refractivity (Wildman–Crippen MR) is 115 cm³/mol. The zero-order chi connectivity index (χ0) is 21.0. The van der Waals surface area contributed by atoms with Crippen molar-refractivity contribution < 1.29 is 9.59 Å². The lowest BCUT2D eigenvalue weighted by Gasteiger charge is -2.21. The summed E-state index contributed by atoms with van der Waals surface area (Å²) >= 11 is 1.52. The molecule has 1 aromatic carbocycles. The number of aromatic nitrogens is 2.